The van der Waals surface area contributed by atoms with Crippen LogP contribution in [0.3, 0.4) is 0 Å². The zero-order valence-corrected chi connectivity index (χ0v) is 14.8. The largest absolute Gasteiger partial charge is 0.502 e. The van der Waals surface area contributed by atoms with E-state index in [0.717, 1.165) is 17.0 Å². The number of carbonyl (C=O) groups excluding carboxylic acids is 1. The summed E-state index contributed by atoms with van der Waals surface area (Å²) in [6.45, 7) is 6.28. The average molecular weight is 354 g/mol. The zero-order valence-electron chi connectivity index (χ0n) is 14.8. The highest BCUT2D eigenvalue weighted by Gasteiger charge is 2.42. The molecule has 1 rings (SSSR count). The highest BCUT2D eigenvalue weighted by atomic mass is 16.6. The Labute approximate surface area is 145 Å². The number of hydrogen-bond donors (Lipinski definition) is 2. The lowest BCUT2D eigenvalue weighted by molar-refractivity contribution is -0.385. The molecule has 0 aliphatic rings. The lowest BCUT2D eigenvalue weighted by Gasteiger charge is -2.36. The van der Waals surface area contributed by atoms with Crippen molar-refractivity contribution in [3.63, 3.8) is 0 Å². The van der Waals surface area contributed by atoms with E-state index in [-0.39, 0.29) is 12.0 Å². The minimum Gasteiger partial charge on any atom is -0.502 e. The van der Waals surface area contributed by atoms with E-state index < -0.39 is 39.6 Å². The van der Waals surface area contributed by atoms with Gasteiger partial charge in [0, 0.05) is 19.5 Å². The van der Waals surface area contributed by atoms with Gasteiger partial charge in [0.05, 0.1) is 4.92 Å². The lowest BCUT2D eigenvalue weighted by atomic mass is 9.91. The first kappa shape index (κ1) is 20.2. The van der Waals surface area contributed by atoms with Crippen molar-refractivity contribution >= 4 is 17.7 Å². The van der Waals surface area contributed by atoms with Gasteiger partial charge in [-0.3, -0.25) is 15.0 Å². The highest BCUT2D eigenvalue weighted by molar-refractivity contribution is 5.84. The fraction of sp³-hybridized carbons (Fsp3) is 0.500. The van der Waals surface area contributed by atoms with Crippen molar-refractivity contribution in [3.05, 3.63) is 33.9 Å². The second kappa shape index (κ2) is 6.96. The summed E-state index contributed by atoms with van der Waals surface area (Å²) in [5.41, 5.74) is -2.76. The third-order valence-corrected chi connectivity index (χ3v) is 3.65. The van der Waals surface area contributed by atoms with Gasteiger partial charge in [0.15, 0.2) is 5.75 Å². The van der Waals surface area contributed by atoms with E-state index in [0.29, 0.717) is 0 Å². The molecular formula is C16H22N2O7. The summed E-state index contributed by atoms with van der Waals surface area (Å²) in [5, 5.41) is 30.0. The van der Waals surface area contributed by atoms with E-state index in [9.17, 15) is 29.9 Å². The standard InChI is InChI=1S/C16H22N2O7/c1-15(2,3)25-14(22)17(5)16(4,13(20)21)9-10-6-7-12(19)11(8-10)18(23)24/h6-8,19H,9H2,1-5H3,(H,20,21). The van der Waals surface area contributed by atoms with Crippen LogP contribution in [0.2, 0.25) is 0 Å². The number of aromatic hydroxyl groups is 1. The van der Waals surface area contributed by atoms with Crippen molar-refractivity contribution in [1.29, 1.82) is 0 Å². The van der Waals surface area contributed by atoms with Crippen molar-refractivity contribution in [3.8, 4) is 5.75 Å². The number of carboxylic acids is 1. The van der Waals surface area contributed by atoms with Crippen molar-refractivity contribution in [2.24, 2.45) is 0 Å². The summed E-state index contributed by atoms with van der Waals surface area (Å²) < 4.78 is 5.19. The molecule has 0 heterocycles. The second-order valence-corrected chi connectivity index (χ2v) is 6.88. The Morgan fingerprint density at radius 2 is 1.84 bits per heavy atom. The number of phenolic OH excluding ortho intramolecular Hbond substituents is 1. The number of carbonyl (C=O) groups is 2. The first-order chi connectivity index (χ1) is 11.3. The molecule has 0 saturated carbocycles. The third kappa shape index (κ3) is 4.82. The Kier molecular flexibility index (Phi) is 5.62. The van der Waals surface area contributed by atoms with Gasteiger partial charge in [0.2, 0.25) is 0 Å². The van der Waals surface area contributed by atoms with Gasteiger partial charge < -0.3 is 14.9 Å². The van der Waals surface area contributed by atoms with Gasteiger partial charge in [0.1, 0.15) is 11.1 Å². The Hall–Kier alpha value is -2.84. The zero-order chi connectivity index (χ0) is 19.6. The van der Waals surface area contributed by atoms with E-state index in [1.807, 2.05) is 0 Å². The Morgan fingerprint density at radius 3 is 2.28 bits per heavy atom. The molecule has 9 heteroatoms. The molecular weight excluding hydrogens is 332 g/mol. The van der Waals surface area contributed by atoms with Crippen LogP contribution < -0.4 is 0 Å². The first-order valence-electron chi connectivity index (χ1n) is 7.44. The van der Waals surface area contributed by atoms with Crippen molar-refractivity contribution in [2.45, 2.75) is 45.3 Å². The van der Waals surface area contributed by atoms with Gasteiger partial charge >= 0.3 is 17.7 Å². The van der Waals surface area contributed by atoms with Crippen molar-refractivity contribution < 1.29 is 29.5 Å². The highest BCUT2D eigenvalue weighted by Crippen LogP contribution is 2.29. The summed E-state index contributed by atoms with van der Waals surface area (Å²) in [5.74, 6) is -1.82. The molecule has 0 fully saturated rings. The Morgan fingerprint density at radius 1 is 1.28 bits per heavy atom. The van der Waals surface area contributed by atoms with Crippen LogP contribution in [0.5, 0.6) is 5.75 Å². The number of benzene rings is 1. The number of nitro benzene ring substituents is 1. The topological polar surface area (TPSA) is 130 Å². The number of nitro groups is 1. The monoisotopic (exact) mass is 354 g/mol. The Bertz CT molecular complexity index is 696. The number of rotatable bonds is 5. The van der Waals surface area contributed by atoms with Crippen LogP contribution in [0.15, 0.2) is 18.2 Å². The predicted molar refractivity (Wildman–Crippen MR) is 88.5 cm³/mol. The minimum atomic E-state index is -1.70. The summed E-state index contributed by atoms with van der Waals surface area (Å²) in [6.07, 6.45) is -1.04. The van der Waals surface area contributed by atoms with Gasteiger partial charge in [-0.1, -0.05) is 6.07 Å². The number of ether oxygens (including phenoxy) is 1. The molecule has 1 atom stereocenters. The summed E-state index contributed by atoms with van der Waals surface area (Å²) in [7, 11) is 1.29. The predicted octanol–water partition coefficient (Wildman–Crippen LogP) is 2.55. The number of aliphatic carboxylic acids is 1. The molecule has 9 nitrogen and oxygen atoms in total. The van der Waals surface area contributed by atoms with Crippen LogP contribution in [0.25, 0.3) is 0 Å². The molecule has 0 radical (unpaired) electrons. The molecule has 1 unspecified atom stereocenters. The molecule has 138 valence electrons. The van der Waals surface area contributed by atoms with E-state index in [1.165, 1.54) is 20.0 Å². The number of likely N-dealkylation sites (N-methyl/N-ethyl adjacent to an activating group) is 1. The molecule has 0 bridgehead atoms. The van der Waals surface area contributed by atoms with Crippen LogP contribution in [0.1, 0.15) is 33.3 Å². The van der Waals surface area contributed by atoms with E-state index in [2.05, 4.69) is 0 Å². The molecule has 1 aromatic rings. The quantitative estimate of drug-likeness (QED) is 0.613. The smallest absolute Gasteiger partial charge is 0.410 e. The van der Waals surface area contributed by atoms with Crippen LogP contribution in [0.4, 0.5) is 10.5 Å². The van der Waals surface area contributed by atoms with Gasteiger partial charge in [-0.05, 0) is 39.3 Å². The fourth-order valence-electron chi connectivity index (χ4n) is 2.09. The molecule has 1 amide bonds. The maximum absolute atomic E-state index is 12.2. The number of hydrogen-bond acceptors (Lipinski definition) is 6. The van der Waals surface area contributed by atoms with Crippen LogP contribution in [-0.2, 0) is 16.0 Å². The maximum atomic E-state index is 12.2. The van der Waals surface area contributed by atoms with Gasteiger partial charge in [-0.15, -0.1) is 0 Å². The van der Waals surface area contributed by atoms with Gasteiger partial charge in [-0.25, -0.2) is 9.59 Å². The molecule has 0 saturated heterocycles. The van der Waals surface area contributed by atoms with Gasteiger partial charge in [0.25, 0.3) is 0 Å². The van der Waals surface area contributed by atoms with Crippen molar-refractivity contribution in [2.75, 3.05) is 7.05 Å². The van der Waals surface area contributed by atoms with E-state index in [4.69, 9.17) is 4.74 Å². The van der Waals surface area contributed by atoms with Crippen molar-refractivity contribution in [1.82, 2.24) is 4.90 Å². The Balaban J connectivity index is 3.19. The molecule has 1 aromatic carbocycles. The summed E-state index contributed by atoms with van der Waals surface area (Å²) >= 11 is 0. The number of phenols is 1. The molecule has 0 aliphatic heterocycles. The van der Waals surface area contributed by atoms with Crippen LogP contribution in [0, 0.1) is 10.1 Å². The average Bonchev–Trinajstić information content (AvgIpc) is 2.46. The van der Waals surface area contributed by atoms with E-state index in [1.54, 1.807) is 20.8 Å². The maximum Gasteiger partial charge on any atom is 0.410 e. The summed E-state index contributed by atoms with van der Waals surface area (Å²) in [6, 6.07) is 3.56. The number of amides is 1. The number of nitrogens with zero attached hydrogens (tertiary/aromatic N) is 2. The van der Waals surface area contributed by atoms with Crippen LogP contribution in [-0.4, -0.2) is 50.3 Å². The lowest BCUT2D eigenvalue weighted by Crippen LogP contribution is -2.55. The third-order valence-electron chi connectivity index (χ3n) is 3.65. The molecule has 25 heavy (non-hydrogen) atoms. The first-order valence-corrected chi connectivity index (χ1v) is 7.44. The minimum absolute atomic E-state index is 0.209. The van der Waals surface area contributed by atoms with Gasteiger partial charge in [-0.2, -0.15) is 0 Å². The fourth-order valence-corrected chi connectivity index (χ4v) is 2.09. The molecule has 0 spiro atoms. The molecule has 0 aliphatic carbocycles. The van der Waals surface area contributed by atoms with E-state index >= 15 is 0 Å². The van der Waals surface area contributed by atoms with Crippen LogP contribution >= 0.6 is 0 Å². The molecule has 2 N–H and O–H groups in total. The SMILES string of the molecule is CN(C(=O)OC(C)(C)C)C(C)(Cc1ccc(O)c([N+](=O)[O-])c1)C(=O)O. The summed E-state index contributed by atoms with van der Waals surface area (Å²) in [4.78, 5) is 35.1. The second-order valence-electron chi connectivity index (χ2n) is 6.88. The molecule has 0 aromatic heterocycles. The normalized spacial score (nSPS) is 13.6. The number of carboxylic acid groups (broad SMARTS) is 1.